The summed E-state index contributed by atoms with van der Waals surface area (Å²) in [5.74, 6) is -1.09. The number of rotatable bonds is 2. The molecule has 0 saturated heterocycles. The standard InChI is InChI=1S/C10H8N6O2/c11-10-13-7-2-1-6(15-4-3-12-5-15)8(9(17)18)16(7)14-10/h1-5H,(H2,11,14)(H,17,18). The van der Waals surface area contributed by atoms with Gasteiger partial charge in [0, 0.05) is 12.4 Å². The summed E-state index contributed by atoms with van der Waals surface area (Å²) < 4.78 is 2.79. The van der Waals surface area contributed by atoms with Crippen molar-refractivity contribution in [3.8, 4) is 5.69 Å². The Morgan fingerprint density at radius 1 is 1.39 bits per heavy atom. The van der Waals surface area contributed by atoms with Gasteiger partial charge in [-0.3, -0.25) is 0 Å². The van der Waals surface area contributed by atoms with E-state index in [1.54, 1.807) is 29.1 Å². The third-order valence-corrected chi connectivity index (χ3v) is 2.48. The molecule has 18 heavy (non-hydrogen) atoms. The number of aromatic carboxylic acids is 1. The highest BCUT2D eigenvalue weighted by Crippen LogP contribution is 2.17. The van der Waals surface area contributed by atoms with E-state index >= 15 is 0 Å². The van der Waals surface area contributed by atoms with Gasteiger partial charge in [-0.15, -0.1) is 5.10 Å². The molecule has 0 aliphatic heterocycles. The van der Waals surface area contributed by atoms with Crippen molar-refractivity contribution in [2.75, 3.05) is 5.73 Å². The van der Waals surface area contributed by atoms with Crippen LogP contribution in [0.5, 0.6) is 0 Å². The molecule has 0 atom stereocenters. The van der Waals surface area contributed by atoms with Crippen molar-refractivity contribution in [2.24, 2.45) is 0 Å². The number of hydrogen-bond acceptors (Lipinski definition) is 5. The van der Waals surface area contributed by atoms with Gasteiger partial charge in [-0.25, -0.2) is 14.3 Å². The highest BCUT2D eigenvalue weighted by Gasteiger charge is 2.18. The number of imidazole rings is 1. The van der Waals surface area contributed by atoms with E-state index in [-0.39, 0.29) is 11.6 Å². The minimum Gasteiger partial charge on any atom is -0.476 e. The Balaban J connectivity index is 2.38. The molecule has 3 aromatic rings. The molecular weight excluding hydrogens is 236 g/mol. The number of aromatic nitrogens is 5. The van der Waals surface area contributed by atoms with Gasteiger partial charge in [0.15, 0.2) is 11.3 Å². The second-order valence-corrected chi connectivity index (χ2v) is 3.58. The molecule has 0 bridgehead atoms. The topological polar surface area (TPSA) is 111 Å². The zero-order valence-corrected chi connectivity index (χ0v) is 9.06. The number of carboxylic acid groups (broad SMARTS) is 1. The predicted molar refractivity (Wildman–Crippen MR) is 61.5 cm³/mol. The number of fused-ring (bicyclic) bond motifs is 1. The summed E-state index contributed by atoms with van der Waals surface area (Å²) in [4.78, 5) is 19.2. The number of nitrogens with zero attached hydrogens (tertiary/aromatic N) is 5. The van der Waals surface area contributed by atoms with Gasteiger partial charge in [-0.05, 0) is 12.1 Å². The normalized spacial score (nSPS) is 10.9. The third-order valence-electron chi connectivity index (χ3n) is 2.48. The SMILES string of the molecule is Nc1nc2ccc(-n3ccnc3)c(C(=O)O)n2n1. The molecule has 0 fully saturated rings. The summed E-state index contributed by atoms with van der Waals surface area (Å²) >= 11 is 0. The largest absolute Gasteiger partial charge is 0.476 e. The second kappa shape index (κ2) is 3.55. The maximum Gasteiger partial charge on any atom is 0.356 e. The average molecular weight is 244 g/mol. The molecule has 3 N–H and O–H groups in total. The van der Waals surface area contributed by atoms with E-state index in [0.29, 0.717) is 11.3 Å². The van der Waals surface area contributed by atoms with E-state index in [1.165, 1.54) is 10.8 Å². The number of anilines is 1. The van der Waals surface area contributed by atoms with Gasteiger partial charge in [0.05, 0.1) is 12.0 Å². The molecule has 90 valence electrons. The van der Waals surface area contributed by atoms with E-state index in [0.717, 1.165) is 0 Å². The summed E-state index contributed by atoms with van der Waals surface area (Å²) in [6, 6.07) is 3.28. The third kappa shape index (κ3) is 1.39. The van der Waals surface area contributed by atoms with Crippen LogP contribution in [-0.4, -0.2) is 35.2 Å². The average Bonchev–Trinajstić information content (AvgIpc) is 2.93. The summed E-state index contributed by atoms with van der Waals surface area (Å²) in [5.41, 5.74) is 6.28. The minimum atomic E-state index is -1.12. The summed E-state index contributed by atoms with van der Waals surface area (Å²) in [6.45, 7) is 0. The van der Waals surface area contributed by atoms with E-state index in [9.17, 15) is 9.90 Å². The van der Waals surface area contributed by atoms with Crippen molar-refractivity contribution >= 4 is 17.6 Å². The molecular formula is C10H8N6O2. The lowest BCUT2D eigenvalue weighted by atomic mass is 10.3. The number of pyridine rings is 1. The fourth-order valence-corrected chi connectivity index (χ4v) is 1.76. The highest BCUT2D eigenvalue weighted by atomic mass is 16.4. The van der Waals surface area contributed by atoms with Crippen LogP contribution >= 0.6 is 0 Å². The second-order valence-electron chi connectivity index (χ2n) is 3.58. The van der Waals surface area contributed by atoms with Gasteiger partial charge < -0.3 is 15.4 Å². The maximum absolute atomic E-state index is 11.4. The van der Waals surface area contributed by atoms with Gasteiger partial charge >= 0.3 is 5.97 Å². The van der Waals surface area contributed by atoms with Crippen LogP contribution in [0.25, 0.3) is 11.3 Å². The molecule has 0 unspecified atom stereocenters. The summed E-state index contributed by atoms with van der Waals surface area (Å²) in [6.07, 6.45) is 4.72. The molecule has 3 aromatic heterocycles. The van der Waals surface area contributed by atoms with Gasteiger partial charge in [-0.2, -0.15) is 4.98 Å². The van der Waals surface area contributed by atoms with Crippen molar-refractivity contribution in [1.29, 1.82) is 0 Å². The maximum atomic E-state index is 11.4. The smallest absolute Gasteiger partial charge is 0.356 e. The zero-order chi connectivity index (χ0) is 12.7. The molecule has 8 heteroatoms. The monoisotopic (exact) mass is 244 g/mol. The molecule has 0 aliphatic carbocycles. The van der Waals surface area contributed by atoms with Crippen molar-refractivity contribution in [3.63, 3.8) is 0 Å². The van der Waals surface area contributed by atoms with Gasteiger partial charge in [0.1, 0.15) is 0 Å². The van der Waals surface area contributed by atoms with Gasteiger partial charge in [0.2, 0.25) is 5.95 Å². The first-order valence-corrected chi connectivity index (χ1v) is 5.03. The van der Waals surface area contributed by atoms with Gasteiger partial charge in [0.25, 0.3) is 0 Å². The molecule has 0 amide bonds. The molecule has 0 radical (unpaired) electrons. The Kier molecular flexibility index (Phi) is 2.03. The molecule has 0 spiro atoms. The fraction of sp³-hybridized carbons (Fsp3) is 0. The zero-order valence-electron chi connectivity index (χ0n) is 9.06. The minimum absolute atomic E-state index is 0.0188. The Labute approximate surface area is 100 Å². The fourth-order valence-electron chi connectivity index (χ4n) is 1.76. The molecule has 0 aromatic carbocycles. The van der Waals surface area contributed by atoms with Crippen LogP contribution in [0.3, 0.4) is 0 Å². The molecule has 0 aliphatic rings. The van der Waals surface area contributed by atoms with E-state index < -0.39 is 5.97 Å². The molecule has 3 heterocycles. The summed E-state index contributed by atoms with van der Waals surface area (Å²) in [5, 5.41) is 13.2. The lowest BCUT2D eigenvalue weighted by molar-refractivity contribution is 0.0687. The highest BCUT2D eigenvalue weighted by molar-refractivity contribution is 5.90. The Bertz CT molecular complexity index is 730. The first kappa shape index (κ1) is 10.3. The lowest BCUT2D eigenvalue weighted by Gasteiger charge is -2.07. The van der Waals surface area contributed by atoms with Crippen molar-refractivity contribution in [2.45, 2.75) is 0 Å². The van der Waals surface area contributed by atoms with Crippen LogP contribution in [0.4, 0.5) is 5.95 Å². The first-order valence-electron chi connectivity index (χ1n) is 5.03. The molecule has 8 nitrogen and oxygen atoms in total. The molecule has 0 saturated carbocycles. The number of carbonyl (C=O) groups is 1. The summed E-state index contributed by atoms with van der Waals surface area (Å²) in [7, 11) is 0. The molecule has 3 rings (SSSR count). The van der Waals surface area contributed by atoms with Gasteiger partial charge in [-0.1, -0.05) is 0 Å². The Morgan fingerprint density at radius 2 is 2.22 bits per heavy atom. The number of carboxylic acids is 1. The number of nitrogens with two attached hydrogens (primary N) is 1. The van der Waals surface area contributed by atoms with Crippen LogP contribution in [-0.2, 0) is 0 Å². The van der Waals surface area contributed by atoms with E-state index in [2.05, 4.69) is 15.1 Å². The number of nitrogen functional groups attached to an aromatic ring is 1. The predicted octanol–water partition coefficient (Wildman–Crippen LogP) is 0.195. The van der Waals surface area contributed by atoms with Crippen molar-refractivity contribution in [3.05, 3.63) is 36.5 Å². The van der Waals surface area contributed by atoms with Crippen molar-refractivity contribution in [1.82, 2.24) is 24.1 Å². The van der Waals surface area contributed by atoms with Crippen LogP contribution in [0.2, 0.25) is 0 Å². The van der Waals surface area contributed by atoms with E-state index in [1.807, 2.05) is 0 Å². The van der Waals surface area contributed by atoms with Crippen LogP contribution in [0.15, 0.2) is 30.9 Å². The van der Waals surface area contributed by atoms with Crippen LogP contribution < -0.4 is 5.73 Å². The number of hydrogen-bond donors (Lipinski definition) is 2. The Morgan fingerprint density at radius 3 is 2.89 bits per heavy atom. The first-order chi connectivity index (χ1) is 8.66. The van der Waals surface area contributed by atoms with Crippen LogP contribution in [0.1, 0.15) is 10.5 Å². The van der Waals surface area contributed by atoms with E-state index in [4.69, 9.17) is 5.73 Å². The lowest BCUT2D eigenvalue weighted by Crippen LogP contribution is -2.11. The van der Waals surface area contributed by atoms with Crippen LogP contribution in [0, 0.1) is 0 Å². The quantitative estimate of drug-likeness (QED) is 0.665. The Hall–Kier alpha value is -2.90. The van der Waals surface area contributed by atoms with Crippen molar-refractivity contribution < 1.29 is 9.90 Å².